The monoisotopic (exact) mass is 342 g/mol. The van der Waals surface area contributed by atoms with Crippen molar-refractivity contribution >= 4 is 20.9 Å². The molecule has 1 aliphatic rings. The van der Waals surface area contributed by atoms with Crippen LogP contribution in [0, 0.1) is 30.0 Å². The fraction of sp³-hybridized carbons (Fsp3) is 0.500. The molecule has 20 heavy (non-hydrogen) atoms. The normalized spacial score (nSPS) is 19.6. The molecular weight excluding hydrogens is 317 g/mol. The van der Waals surface area contributed by atoms with E-state index in [1.165, 1.54) is 15.2 Å². The maximum atomic E-state index is 11.6. The summed E-state index contributed by atoms with van der Waals surface area (Å²) in [6, 6.07) is 0.391. The van der Waals surface area contributed by atoms with E-state index in [4.69, 9.17) is 4.74 Å². The molecule has 1 atom stereocenters. The quantitative estimate of drug-likeness (QED) is 0.404. The van der Waals surface area contributed by atoms with E-state index in [2.05, 4.69) is 52.1 Å². The number of carbonyl (C=O) groups excluding carboxylic acids is 1. The van der Waals surface area contributed by atoms with Gasteiger partial charge in [-0.2, -0.15) is 0 Å². The number of hydrogen-bond donors (Lipinski definition) is 0. The third-order valence-corrected chi connectivity index (χ3v) is 5.83. The fourth-order valence-electron chi connectivity index (χ4n) is 1.79. The minimum absolute atomic E-state index is 0.185. The Hall–Kier alpha value is -0.311. The molecule has 1 fully saturated rings. The molecule has 0 aromatic carbocycles. The van der Waals surface area contributed by atoms with Crippen molar-refractivity contribution < 1.29 is 9.53 Å². The summed E-state index contributed by atoms with van der Waals surface area (Å²) in [5.41, 5.74) is 0. The van der Waals surface area contributed by atoms with Crippen molar-refractivity contribution in [1.82, 2.24) is 4.90 Å². The number of carbonyl (C=O) groups is 1. The van der Waals surface area contributed by atoms with Crippen molar-refractivity contribution in [2.75, 3.05) is 20.7 Å². The molecule has 111 valence electrons. The van der Waals surface area contributed by atoms with Crippen molar-refractivity contribution in [3.8, 4) is 0 Å². The van der Waals surface area contributed by atoms with Gasteiger partial charge >= 0.3 is 130 Å². The first-order chi connectivity index (χ1) is 9.49. The van der Waals surface area contributed by atoms with E-state index in [-0.39, 0.29) is 20.9 Å². The first kappa shape index (κ1) is 17.7. The molecule has 0 aromatic rings. The van der Waals surface area contributed by atoms with E-state index in [9.17, 15) is 4.79 Å². The molecule has 0 aliphatic heterocycles. The van der Waals surface area contributed by atoms with E-state index in [0.29, 0.717) is 12.6 Å². The van der Waals surface area contributed by atoms with Crippen molar-refractivity contribution in [3.63, 3.8) is 0 Å². The predicted molar refractivity (Wildman–Crippen MR) is 83.3 cm³/mol. The molecule has 0 N–H and O–H groups in total. The van der Waals surface area contributed by atoms with Crippen LogP contribution in [0.25, 0.3) is 0 Å². The molecule has 4 heteroatoms. The zero-order chi connectivity index (χ0) is 15.1. The Morgan fingerprint density at radius 3 is 2.65 bits per heavy atom. The Morgan fingerprint density at radius 1 is 1.40 bits per heavy atom. The summed E-state index contributed by atoms with van der Waals surface area (Å²) in [5, 5.41) is 0. The summed E-state index contributed by atoms with van der Waals surface area (Å²) in [4.78, 5) is 15.1. The van der Waals surface area contributed by atoms with E-state index in [0.717, 1.165) is 6.42 Å². The number of hydrogen-bond acceptors (Lipinski definition) is 3. The fourth-order valence-corrected chi connectivity index (χ4v) is 4.07. The van der Waals surface area contributed by atoms with Gasteiger partial charge < -0.3 is 0 Å². The van der Waals surface area contributed by atoms with Gasteiger partial charge in [-0.15, -0.1) is 0 Å². The molecular formula is C16H24NO2Se. The van der Waals surface area contributed by atoms with Crippen LogP contribution in [-0.2, 0) is 9.53 Å². The molecule has 0 aromatic heterocycles. The van der Waals surface area contributed by atoms with Crippen LogP contribution in [0.15, 0.2) is 10.5 Å². The van der Waals surface area contributed by atoms with Crippen LogP contribution >= 0.6 is 0 Å². The van der Waals surface area contributed by atoms with Crippen LogP contribution in [0.4, 0.5) is 0 Å². The van der Waals surface area contributed by atoms with E-state index >= 15 is 0 Å². The number of ether oxygens (including phenoxy) is 1. The van der Waals surface area contributed by atoms with Gasteiger partial charge in [-0.05, 0) is 0 Å². The third-order valence-electron chi connectivity index (χ3n) is 3.19. The summed E-state index contributed by atoms with van der Waals surface area (Å²) in [5.74, 6) is 1.14. The number of rotatable bonds is 7. The second kappa shape index (κ2) is 8.86. The minimum atomic E-state index is -0.222. The molecule has 0 bridgehead atoms. The van der Waals surface area contributed by atoms with Gasteiger partial charge in [0, 0.05) is 0 Å². The maximum absolute atomic E-state index is 11.6. The summed E-state index contributed by atoms with van der Waals surface area (Å²) in [6.45, 7) is 6.55. The Bertz CT molecular complexity index is 341. The van der Waals surface area contributed by atoms with E-state index < -0.39 is 0 Å². The summed E-state index contributed by atoms with van der Waals surface area (Å²) < 4.78 is 6.17. The van der Waals surface area contributed by atoms with Gasteiger partial charge in [0.15, 0.2) is 0 Å². The van der Waals surface area contributed by atoms with E-state index in [1.807, 2.05) is 6.92 Å². The average Bonchev–Trinajstić information content (AvgIpc) is 2.85. The zero-order valence-corrected chi connectivity index (χ0v) is 14.7. The Morgan fingerprint density at radius 2 is 2.10 bits per heavy atom. The van der Waals surface area contributed by atoms with Crippen LogP contribution in [0.5, 0.6) is 0 Å². The molecule has 0 saturated heterocycles. The van der Waals surface area contributed by atoms with Crippen LogP contribution < -0.4 is 0 Å². The van der Waals surface area contributed by atoms with Crippen LogP contribution in [0.2, 0.25) is 0 Å². The first-order valence-electron chi connectivity index (χ1n) is 6.96. The average molecular weight is 341 g/mol. The summed E-state index contributed by atoms with van der Waals surface area (Å²) in [7, 11) is 4.17. The SMILES string of the molecule is CCOC(=O)/C=C(/CC)[Se][C]1[CH][CH][CH][C]1[C@@H](C)N(C)C. The van der Waals surface area contributed by atoms with Crippen molar-refractivity contribution in [3.05, 3.63) is 40.5 Å². The Labute approximate surface area is 130 Å². The Balaban J connectivity index is 2.66. The van der Waals surface area contributed by atoms with Crippen LogP contribution in [0.3, 0.4) is 0 Å². The molecule has 1 saturated carbocycles. The van der Waals surface area contributed by atoms with Gasteiger partial charge in [-0.3, -0.25) is 0 Å². The molecule has 0 unspecified atom stereocenters. The number of allylic oxidation sites excluding steroid dienone is 1. The third kappa shape index (κ3) is 5.23. The molecule has 1 rings (SSSR count). The molecule has 3 nitrogen and oxygen atoms in total. The molecule has 1 aliphatic carbocycles. The zero-order valence-electron chi connectivity index (χ0n) is 13.0. The van der Waals surface area contributed by atoms with Gasteiger partial charge in [-0.25, -0.2) is 0 Å². The second-order valence-corrected chi connectivity index (χ2v) is 7.25. The van der Waals surface area contributed by atoms with Gasteiger partial charge in [0.05, 0.1) is 0 Å². The van der Waals surface area contributed by atoms with Gasteiger partial charge in [0.1, 0.15) is 0 Å². The molecule has 0 spiro atoms. The second-order valence-electron chi connectivity index (χ2n) is 4.80. The molecule has 0 heterocycles. The Kier molecular flexibility index (Phi) is 7.86. The van der Waals surface area contributed by atoms with Crippen LogP contribution in [0.1, 0.15) is 27.2 Å². The number of nitrogens with zero attached hydrogens (tertiary/aromatic N) is 1. The van der Waals surface area contributed by atoms with Crippen molar-refractivity contribution in [2.24, 2.45) is 0 Å². The van der Waals surface area contributed by atoms with E-state index in [1.54, 1.807) is 6.08 Å². The first-order valence-corrected chi connectivity index (χ1v) is 8.68. The van der Waals surface area contributed by atoms with Gasteiger partial charge in [-0.1, -0.05) is 0 Å². The number of esters is 1. The molecule has 5 radical (unpaired) electrons. The standard InChI is InChI=1S/C16H24NO2Se/c1-6-13(11-16(18)19-7-2)20-15-10-8-9-14(15)12(3)17(4)5/h8-12H,6-7H2,1-5H3/b13-11-/t12-/m1/s1. The van der Waals surface area contributed by atoms with Crippen molar-refractivity contribution in [1.29, 1.82) is 0 Å². The topological polar surface area (TPSA) is 29.5 Å². The predicted octanol–water partition coefficient (Wildman–Crippen LogP) is 2.23. The summed E-state index contributed by atoms with van der Waals surface area (Å²) in [6.07, 6.45) is 9.01. The summed E-state index contributed by atoms with van der Waals surface area (Å²) >= 11 is 0.185. The molecule has 0 amide bonds. The van der Waals surface area contributed by atoms with Gasteiger partial charge in [0.2, 0.25) is 0 Å². The van der Waals surface area contributed by atoms with Crippen molar-refractivity contribution in [2.45, 2.75) is 33.2 Å². The van der Waals surface area contributed by atoms with Gasteiger partial charge in [0.25, 0.3) is 0 Å². The van der Waals surface area contributed by atoms with Crippen LogP contribution in [-0.4, -0.2) is 52.6 Å².